The molecule has 4 nitrogen and oxygen atoms in total. The Morgan fingerprint density at radius 3 is 1.69 bits per heavy atom. The maximum atomic E-state index is 9.03. The van der Waals surface area contributed by atoms with Crippen LogP contribution < -0.4 is 11.5 Å². The van der Waals surface area contributed by atoms with Crippen LogP contribution in [0.5, 0.6) is 0 Å². The first kappa shape index (κ1) is 14.7. The maximum absolute atomic E-state index is 9.03. The molecule has 0 aromatic heterocycles. The third kappa shape index (κ3) is 8.08. The van der Waals surface area contributed by atoms with Crippen LogP contribution in [0.25, 0.3) is 0 Å². The Bertz CT molecular complexity index is 285. The molecule has 0 spiro atoms. The molecule has 0 saturated carbocycles. The van der Waals surface area contributed by atoms with Crippen LogP contribution >= 0.6 is 0 Å². The largest absolute Gasteiger partial charge is 0.397 e. The Hall–Kier alpha value is -1.26. The first-order valence-electron chi connectivity index (χ1n) is 5.23. The highest BCUT2D eigenvalue weighted by atomic mass is 16.3. The monoisotopic (exact) mass is 226 g/mol. The molecule has 0 aliphatic rings. The lowest BCUT2D eigenvalue weighted by Crippen LogP contribution is -2.24. The van der Waals surface area contributed by atoms with Crippen LogP contribution in [0.3, 0.4) is 0 Å². The van der Waals surface area contributed by atoms with Crippen molar-refractivity contribution in [3.63, 3.8) is 0 Å². The summed E-state index contributed by atoms with van der Waals surface area (Å²) in [5.41, 5.74) is 11.4. The van der Waals surface area contributed by atoms with Crippen LogP contribution in [0.1, 0.15) is 27.2 Å². The Morgan fingerprint density at radius 1 is 1.19 bits per heavy atom. The number of nitrogen functional groups attached to an aromatic ring is 2. The minimum atomic E-state index is -0.728. The van der Waals surface area contributed by atoms with Crippen molar-refractivity contribution in [2.75, 3.05) is 11.5 Å². The van der Waals surface area contributed by atoms with Crippen molar-refractivity contribution in [2.45, 2.75) is 38.9 Å². The minimum Gasteiger partial charge on any atom is -0.397 e. The van der Waals surface area contributed by atoms with E-state index in [1.807, 2.05) is 12.1 Å². The summed E-state index contributed by atoms with van der Waals surface area (Å²) >= 11 is 0. The fraction of sp³-hybridized carbons (Fsp3) is 0.500. The molecule has 0 fully saturated rings. The molecule has 4 heteroatoms. The summed E-state index contributed by atoms with van der Waals surface area (Å²) in [5.74, 6) is 0. The van der Waals surface area contributed by atoms with Gasteiger partial charge in [0, 0.05) is 6.42 Å². The van der Waals surface area contributed by atoms with Gasteiger partial charge in [0.05, 0.1) is 23.1 Å². The lowest BCUT2D eigenvalue weighted by molar-refractivity contribution is 0.0249. The van der Waals surface area contributed by atoms with E-state index in [2.05, 4.69) is 0 Å². The van der Waals surface area contributed by atoms with E-state index >= 15 is 0 Å². The number of anilines is 2. The molecule has 0 radical (unpaired) electrons. The molecule has 0 aliphatic carbocycles. The smallest absolute Gasteiger partial charge is 0.0616 e. The van der Waals surface area contributed by atoms with Gasteiger partial charge in [0.25, 0.3) is 0 Å². The van der Waals surface area contributed by atoms with Crippen molar-refractivity contribution in [2.24, 2.45) is 0 Å². The van der Waals surface area contributed by atoms with Gasteiger partial charge in [0.15, 0.2) is 0 Å². The van der Waals surface area contributed by atoms with Crippen LogP contribution in [0.2, 0.25) is 0 Å². The van der Waals surface area contributed by atoms with E-state index in [1.54, 1.807) is 32.9 Å². The molecule has 6 N–H and O–H groups in total. The van der Waals surface area contributed by atoms with Gasteiger partial charge < -0.3 is 21.7 Å². The van der Waals surface area contributed by atoms with Gasteiger partial charge in [-0.25, -0.2) is 0 Å². The number of benzene rings is 1. The lowest BCUT2D eigenvalue weighted by atomic mass is 10.0. The van der Waals surface area contributed by atoms with Gasteiger partial charge in [-0.05, 0) is 32.9 Å². The van der Waals surface area contributed by atoms with Gasteiger partial charge >= 0.3 is 0 Å². The summed E-state index contributed by atoms with van der Waals surface area (Å²) < 4.78 is 0. The summed E-state index contributed by atoms with van der Waals surface area (Å²) in [4.78, 5) is 0. The number of aliphatic hydroxyl groups is 2. The topological polar surface area (TPSA) is 92.5 Å². The van der Waals surface area contributed by atoms with E-state index in [0.29, 0.717) is 17.8 Å². The van der Waals surface area contributed by atoms with E-state index in [-0.39, 0.29) is 0 Å². The molecular weight excluding hydrogens is 204 g/mol. The molecular formula is C12H22N2O2. The number of para-hydroxylation sites is 2. The summed E-state index contributed by atoms with van der Waals surface area (Å²) in [7, 11) is 0. The highest BCUT2D eigenvalue weighted by molar-refractivity contribution is 5.62. The van der Waals surface area contributed by atoms with Crippen molar-refractivity contribution in [3.8, 4) is 0 Å². The number of aliphatic hydroxyl groups excluding tert-OH is 1. The van der Waals surface area contributed by atoms with Crippen molar-refractivity contribution < 1.29 is 10.2 Å². The van der Waals surface area contributed by atoms with Crippen LogP contribution in [0.15, 0.2) is 24.3 Å². The molecule has 92 valence electrons. The molecule has 1 rings (SSSR count). The quantitative estimate of drug-likeness (QED) is 0.573. The first-order valence-corrected chi connectivity index (χ1v) is 5.23. The first-order chi connectivity index (χ1) is 7.22. The van der Waals surface area contributed by atoms with Gasteiger partial charge in [0.1, 0.15) is 0 Å². The molecule has 0 bridgehead atoms. The van der Waals surface area contributed by atoms with E-state index < -0.39 is 11.7 Å². The zero-order chi connectivity index (χ0) is 12.8. The Morgan fingerprint density at radius 2 is 1.56 bits per heavy atom. The van der Waals surface area contributed by atoms with Gasteiger partial charge in [-0.3, -0.25) is 0 Å². The molecule has 1 aromatic rings. The van der Waals surface area contributed by atoms with Crippen LogP contribution in [-0.4, -0.2) is 21.9 Å². The van der Waals surface area contributed by atoms with Crippen LogP contribution in [0.4, 0.5) is 11.4 Å². The van der Waals surface area contributed by atoms with Crippen molar-refractivity contribution in [3.05, 3.63) is 24.3 Å². The summed E-state index contributed by atoms with van der Waals surface area (Å²) in [5, 5.41) is 17.8. The Kier molecular flexibility index (Phi) is 5.85. The highest BCUT2D eigenvalue weighted by Crippen LogP contribution is 2.10. The Labute approximate surface area is 96.9 Å². The number of nitrogens with two attached hydrogens (primary N) is 2. The summed E-state index contributed by atoms with van der Waals surface area (Å²) in [6, 6.07) is 7.25. The lowest BCUT2D eigenvalue weighted by Gasteiger charge is -2.17. The number of hydrogen-bond acceptors (Lipinski definition) is 4. The molecule has 0 amide bonds. The second kappa shape index (κ2) is 6.35. The minimum absolute atomic E-state index is 0.407. The van der Waals surface area contributed by atoms with E-state index in [9.17, 15) is 0 Å². The van der Waals surface area contributed by atoms with Gasteiger partial charge in [-0.15, -0.1) is 0 Å². The second-order valence-corrected chi connectivity index (χ2v) is 4.49. The van der Waals surface area contributed by atoms with Crippen LogP contribution in [-0.2, 0) is 0 Å². The molecule has 0 aliphatic heterocycles. The van der Waals surface area contributed by atoms with Gasteiger partial charge in [-0.1, -0.05) is 12.1 Å². The average molecular weight is 226 g/mol. The van der Waals surface area contributed by atoms with Gasteiger partial charge in [0.2, 0.25) is 0 Å². The fourth-order valence-corrected chi connectivity index (χ4v) is 1.23. The standard InChI is InChI=1S/C6H8N2.C6H14O2/c7-5-3-1-2-4-6(5)8;1-5(7)4-6(2,3)8/h1-4H,7-8H2;5,7-8H,4H2,1-3H3. The molecule has 0 saturated heterocycles. The average Bonchev–Trinajstić information content (AvgIpc) is 2.06. The van der Waals surface area contributed by atoms with Crippen molar-refractivity contribution in [1.82, 2.24) is 0 Å². The zero-order valence-corrected chi connectivity index (χ0v) is 10.1. The third-order valence-corrected chi connectivity index (χ3v) is 1.79. The normalized spacial score (nSPS) is 12.6. The molecule has 0 heterocycles. The SMILES string of the molecule is CC(O)CC(C)(C)O.Nc1ccccc1N. The van der Waals surface area contributed by atoms with Gasteiger partial charge in [-0.2, -0.15) is 0 Å². The predicted octanol–water partition coefficient (Wildman–Crippen LogP) is 1.38. The fourth-order valence-electron chi connectivity index (χ4n) is 1.23. The second-order valence-electron chi connectivity index (χ2n) is 4.49. The summed E-state index contributed by atoms with van der Waals surface area (Å²) in [6.45, 7) is 5.03. The van der Waals surface area contributed by atoms with E-state index in [4.69, 9.17) is 21.7 Å². The third-order valence-electron chi connectivity index (χ3n) is 1.79. The molecule has 1 atom stereocenters. The van der Waals surface area contributed by atoms with E-state index in [0.717, 1.165) is 0 Å². The molecule has 16 heavy (non-hydrogen) atoms. The summed E-state index contributed by atoms with van der Waals surface area (Å²) in [6.07, 6.45) is 0.0301. The predicted molar refractivity (Wildman–Crippen MR) is 67.9 cm³/mol. The maximum Gasteiger partial charge on any atom is 0.0616 e. The highest BCUT2D eigenvalue weighted by Gasteiger charge is 2.14. The molecule has 1 unspecified atom stereocenters. The van der Waals surface area contributed by atoms with E-state index in [1.165, 1.54) is 0 Å². The van der Waals surface area contributed by atoms with Crippen molar-refractivity contribution >= 4 is 11.4 Å². The molecule has 1 aromatic carbocycles. The Balaban J connectivity index is 0.000000281. The zero-order valence-electron chi connectivity index (χ0n) is 10.1. The number of hydrogen-bond donors (Lipinski definition) is 4. The van der Waals surface area contributed by atoms with Crippen LogP contribution in [0, 0.1) is 0 Å². The number of rotatable bonds is 2. The van der Waals surface area contributed by atoms with Crippen molar-refractivity contribution in [1.29, 1.82) is 0 Å².